The van der Waals surface area contributed by atoms with E-state index < -0.39 is 30.6 Å². The molecule has 6 heteroatoms. The molecule has 0 aliphatic carbocycles. The van der Waals surface area contributed by atoms with Crippen LogP contribution in [-0.2, 0) is 9.59 Å². The molecule has 0 unspecified atom stereocenters. The number of hydrogen-bond donors (Lipinski definition) is 3. The molecule has 1 aliphatic rings. The molecule has 0 aromatic carbocycles. The van der Waals surface area contributed by atoms with Crippen LogP contribution in [0.3, 0.4) is 0 Å². The summed E-state index contributed by atoms with van der Waals surface area (Å²) in [6.07, 6.45) is 0.0580. The normalized spacial score (nSPS) is 23.6. The molecule has 1 amide bonds. The third-order valence-corrected chi connectivity index (χ3v) is 2.22. The molecule has 1 fully saturated rings. The molecule has 4 N–H and O–H groups in total. The van der Waals surface area contributed by atoms with Crippen LogP contribution in [0.25, 0.3) is 0 Å². The van der Waals surface area contributed by atoms with E-state index >= 15 is 0 Å². The molecule has 6 nitrogen and oxygen atoms in total. The fourth-order valence-electron chi connectivity index (χ4n) is 1.49. The average molecular weight is 202 g/mol. The van der Waals surface area contributed by atoms with Gasteiger partial charge in [-0.3, -0.25) is 9.59 Å². The van der Waals surface area contributed by atoms with E-state index in [1.165, 1.54) is 4.90 Å². The first-order chi connectivity index (χ1) is 6.52. The first kappa shape index (κ1) is 10.9. The lowest BCUT2D eigenvalue weighted by atomic mass is 10.2. The van der Waals surface area contributed by atoms with Crippen molar-refractivity contribution in [3.05, 3.63) is 0 Å². The molecule has 0 radical (unpaired) electrons. The highest BCUT2D eigenvalue weighted by atomic mass is 16.4. The molecular formula is C8H14N2O4. The van der Waals surface area contributed by atoms with Crippen molar-refractivity contribution in [2.24, 2.45) is 5.73 Å². The summed E-state index contributed by atoms with van der Waals surface area (Å²) in [5.74, 6) is -1.60. The van der Waals surface area contributed by atoms with Crippen molar-refractivity contribution in [2.75, 3.05) is 6.54 Å². The van der Waals surface area contributed by atoms with Crippen molar-refractivity contribution >= 4 is 11.9 Å². The van der Waals surface area contributed by atoms with Crippen LogP contribution >= 0.6 is 0 Å². The molecule has 1 heterocycles. The Labute approximate surface area is 81.3 Å². The topological polar surface area (TPSA) is 104 Å². The number of nitrogens with zero attached hydrogens (tertiary/aromatic N) is 1. The predicted molar refractivity (Wildman–Crippen MR) is 47.2 cm³/mol. The summed E-state index contributed by atoms with van der Waals surface area (Å²) >= 11 is 0. The minimum Gasteiger partial charge on any atom is -0.481 e. The third-order valence-electron chi connectivity index (χ3n) is 2.22. The van der Waals surface area contributed by atoms with Gasteiger partial charge in [-0.05, 0) is 12.8 Å². The molecule has 0 aromatic rings. The van der Waals surface area contributed by atoms with Gasteiger partial charge in [-0.2, -0.15) is 0 Å². The van der Waals surface area contributed by atoms with Crippen molar-refractivity contribution in [3.8, 4) is 0 Å². The Hall–Kier alpha value is -1.14. The van der Waals surface area contributed by atoms with Crippen molar-refractivity contribution in [1.82, 2.24) is 4.90 Å². The Balaban J connectivity index is 2.51. The number of carbonyl (C=O) groups is 2. The van der Waals surface area contributed by atoms with Crippen LogP contribution in [0.1, 0.15) is 19.3 Å². The summed E-state index contributed by atoms with van der Waals surface area (Å²) in [6, 6.07) is -1.06. The highest BCUT2D eigenvalue weighted by Crippen LogP contribution is 2.15. The van der Waals surface area contributed by atoms with Crippen molar-refractivity contribution in [3.63, 3.8) is 0 Å². The van der Waals surface area contributed by atoms with E-state index in [4.69, 9.17) is 10.8 Å². The number of rotatable bonds is 3. The number of nitrogens with two attached hydrogens (primary N) is 1. The van der Waals surface area contributed by atoms with Gasteiger partial charge in [-0.1, -0.05) is 0 Å². The zero-order valence-electron chi connectivity index (χ0n) is 7.72. The molecular weight excluding hydrogens is 188 g/mol. The fraction of sp³-hybridized carbons (Fsp3) is 0.750. The average Bonchev–Trinajstić information content (AvgIpc) is 2.48. The first-order valence-corrected chi connectivity index (χ1v) is 4.48. The lowest BCUT2D eigenvalue weighted by molar-refractivity contribution is -0.145. The quantitative estimate of drug-likeness (QED) is 0.529. The number of aliphatic hydroxyl groups is 1. The van der Waals surface area contributed by atoms with Gasteiger partial charge in [0.15, 0.2) is 0 Å². The van der Waals surface area contributed by atoms with E-state index in [9.17, 15) is 14.7 Å². The van der Waals surface area contributed by atoms with E-state index in [2.05, 4.69) is 0 Å². The lowest BCUT2D eigenvalue weighted by Crippen LogP contribution is -2.46. The number of carboxylic acid groups (broad SMARTS) is 1. The third kappa shape index (κ3) is 2.43. The second-order valence-corrected chi connectivity index (χ2v) is 3.36. The number of aliphatic carboxylic acids is 1. The van der Waals surface area contributed by atoms with Crippen LogP contribution in [0.4, 0.5) is 0 Å². The Morgan fingerprint density at radius 2 is 2.21 bits per heavy atom. The minimum atomic E-state index is -1.11. The second-order valence-electron chi connectivity index (χ2n) is 3.36. The minimum absolute atomic E-state index is 0.401. The van der Waals surface area contributed by atoms with Crippen LogP contribution < -0.4 is 5.73 Å². The number of hydrogen-bond acceptors (Lipinski definition) is 4. The Morgan fingerprint density at radius 1 is 1.57 bits per heavy atom. The fourth-order valence-corrected chi connectivity index (χ4v) is 1.49. The maximum Gasteiger partial charge on any atom is 0.305 e. The molecule has 0 spiro atoms. The molecule has 0 aromatic heterocycles. The Kier molecular flexibility index (Phi) is 3.43. The molecule has 1 rings (SSSR count). The van der Waals surface area contributed by atoms with Crippen molar-refractivity contribution in [1.29, 1.82) is 0 Å². The lowest BCUT2D eigenvalue weighted by Gasteiger charge is -2.22. The molecule has 1 saturated heterocycles. The maximum absolute atomic E-state index is 11.5. The second kappa shape index (κ2) is 4.39. The number of aliphatic hydroxyl groups excluding tert-OH is 1. The smallest absolute Gasteiger partial charge is 0.305 e. The summed E-state index contributed by atoms with van der Waals surface area (Å²) in [5.41, 5.74) is 5.38. The van der Waals surface area contributed by atoms with E-state index in [-0.39, 0.29) is 0 Å². The summed E-state index contributed by atoms with van der Waals surface area (Å²) in [7, 11) is 0. The van der Waals surface area contributed by atoms with Gasteiger partial charge in [-0.15, -0.1) is 0 Å². The number of likely N-dealkylation sites (tertiary alicyclic amines) is 1. The highest BCUT2D eigenvalue weighted by Gasteiger charge is 2.30. The molecule has 1 aliphatic heterocycles. The molecule has 14 heavy (non-hydrogen) atoms. The van der Waals surface area contributed by atoms with Gasteiger partial charge >= 0.3 is 5.97 Å². The van der Waals surface area contributed by atoms with E-state index in [1.54, 1.807) is 0 Å². The van der Waals surface area contributed by atoms with Crippen LogP contribution in [-0.4, -0.2) is 45.8 Å². The van der Waals surface area contributed by atoms with Gasteiger partial charge in [0.1, 0.15) is 6.23 Å². The standard InChI is InChI=1S/C8H14N2O4/c9-5(4-7(12)13)8(14)10-3-1-2-6(10)11/h5-6,11H,1-4,9H2,(H,12,13)/t5-,6+/m0/s1. The van der Waals surface area contributed by atoms with Crippen molar-refractivity contribution < 1.29 is 19.8 Å². The van der Waals surface area contributed by atoms with E-state index in [1.807, 2.05) is 0 Å². The molecule has 2 atom stereocenters. The van der Waals surface area contributed by atoms with Crippen LogP contribution in [0.2, 0.25) is 0 Å². The van der Waals surface area contributed by atoms with Gasteiger partial charge in [0.05, 0.1) is 12.5 Å². The van der Waals surface area contributed by atoms with Crippen LogP contribution in [0, 0.1) is 0 Å². The van der Waals surface area contributed by atoms with E-state index in [0.717, 1.165) is 6.42 Å². The van der Waals surface area contributed by atoms with Gasteiger partial charge in [-0.25, -0.2) is 0 Å². The molecule has 80 valence electrons. The SMILES string of the molecule is N[C@@H](CC(=O)O)C(=O)N1CCC[C@H]1O. The number of amides is 1. The Bertz CT molecular complexity index is 243. The Morgan fingerprint density at radius 3 is 2.64 bits per heavy atom. The maximum atomic E-state index is 11.5. The van der Waals surface area contributed by atoms with Gasteiger partial charge < -0.3 is 20.8 Å². The zero-order valence-corrected chi connectivity index (χ0v) is 7.72. The highest BCUT2D eigenvalue weighted by molar-refractivity contribution is 5.86. The monoisotopic (exact) mass is 202 g/mol. The first-order valence-electron chi connectivity index (χ1n) is 4.48. The largest absolute Gasteiger partial charge is 0.481 e. The number of carboxylic acids is 1. The van der Waals surface area contributed by atoms with Crippen LogP contribution in [0.15, 0.2) is 0 Å². The van der Waals surface area contributed by atoms with Gasteiger partial charge in [0.25, 0.3) is 0 Å². The van der Waals surface area contributed by atoms with Crippen molar-refractivity contribution in [2.45, 2.75) is 31.5 Å². The summed E-state index contributed by atoms with van der Waals surface area (Å²) in [5, 5.41) is 17.8. The summed E-state index contributed by atoms with van der Waals surface area (Å²) in [6.45, 7) is 0.452. The summed E-state index contributed by atoms with van der Waals surface area (Å²) < 4.78 is 0. The molecule has 0 saturated carbocycles. The van der Waals surface area contributed by atoms with Gasteiger partial charge in [0.2, 0.25) is 5.91 Å². The van der Waals surface area contributed by atoms with Crippen LogP contribution in [0.5, 0.6) is 0 Å². The zero-order chi connectivity index (χ0) is 10.7. The van der Waals surface area contributed by atoms with E-state index in [0.29, 0.717) is 13.0 Å². The van der Waals surface area contributed by atoms with Gasteiger partial charge in [0, 0.05) is 6.54 Å². The predicted octanol–water partition coefficient (Wildman–Crippen LogP) is -1.27. The number of carbonyl (C=O) groups excluding carboxylic acids is 1. The summed E-state index contributed by atoms with van der Waals surface area (Å²) in [4.78, 5) is 23.0. The molecule has 0 bridgehead atoms.